The maximum atomic E-state index is 13.4. The van der Waals surface area contributed by atoms with Crippen LogP contribution in [0.15, 0.2) is 47.4 Å². The molecule has 0 atom stereocenters. The number of piperazine rings is 1. The lowest BCUT2D eigenvalue weighted by atomic mass is 10.2. The summed E-state index contributed by atoms with van der Waals surface area (Å²) in [6.45, 7) is 1.36. The lowest BCUT2D eigenvalue weighted by Crippen LogP contribution is -2.52. The molecule has 2 aromatic heterocycles. The molecule has 1 aliphatic heterocycles. The molecule has 1 saturated carbocycles. The van der Waals surface area contributed by atoms with Crippen molar-refractivity contribution in [2.75, 3.05) is 31.5 Å². The molecular weight excluding hydrogens is 456 g/mol. The molecule has 1 aromatic carbocycles. The SMILES string of the molecule is O=C(Nc1ccc(Cl)cc1)N1CCN(C(=O)c2nc3cccnc3n(C3CCCC3)c2=O)CC1. The number of nitrogens with zero attached hydrogens (tertiary/aromatic N) is 5. The highest BCUT2D eigenvalue weighted by molar-refractivity contribution is 6.30. The predicted octanol–water partition coefficient (Wildman–Crippen LogP) is 3.55. The minimum Gasteiger partial charge on any atom is -0.334 e. The third-order valence-electron chi connectivity index (χ3n) is 6.49. The Hall–Kier alpha value is -3.46. The summed E-state index contributed by atoms with van der Waals surface area (Å²) in [7, 11) is 0. The van der Waals surface area contributed by atoms with E-state index < -0.39 is 5.91 Å². The van der Waals surface area contributed by atoms with E-state index in [-0.39, 0.29) is 23.3 Å². The molecule has 1 saturated heterocycles. The van der Waals surface area contributed by atoms with Crippen molar-refractivity contribution in [3.05, 3.63) is 63.7 Å². The van der Waals surface area contributed by atoms with Crippen LogP contribution in [0.1, 0.15) is 42.2 Å². The Morgan fingerprint density at radius 3 is 2.35 bits per heavy atom. The summed E-state index contributed by atoms with van der Waals surface area (Å²) < 4.78 is 1.67. The zero-order chi connectivity index (χ0) is 23.7. The van der Waals surface area contributed by atoms with Crippen LogP contribution < -0.4 is 10.9 Å². The van der Waals surface area contributed by atoms with E-state index in [4.69, 9.17) is 11.6 Å². The minimum atomic E-state index is -0.403. The number of benzene rings is 1. The van der Waals surface area contributed by atoms with Crippen molar-refractivity contribution in [3.8, 4) is 0 Å². The van der Waals surface area contributed by atoms with Gasteiger partial charge in [-0.25, -0.2) is 14.8 Å². The molecule has 5 rings (SSSR count). The van der Waals surface area contributed by atoms with Crippen LogP contribution in [0, 0.1) is 0 Å². The van der Waals surface area contributed by atoms with Crippen molar-refractivity contribution >= 4 is 40.4 Å². The average Bonchev–Trinajstić information content (AvgIpc) is 3.39. The van der Waals surface area contributed by atoms with Gasteiger partial charge in [0.25, 0.3) is 11.5 Å². The van der Waals surface area contributed by atoms with Crippen LogP contribution in [0.3, 0.4) is 0 Å². The normalized spacial score (nSPS) is 16.7. The van der Waals surface area contributed by atoms with Gasteiger partial charge in [-0.1, -0.05) is 24.4 Å². The second-order valence-corrected chi connectivity index (χ2v) is 9.07. The van der Waals surface area contributed by atoms with Gasteiger partial charge in [-0.15, -0.1) is 0 Å². The van der Waals surface area contributed by atoms with E-state index in [1.807, 2.05) is 0 Å². The van der Waals surface area contributed by atoms with Crippen molar-refractivity contribution in [1.82, 2.24) is 24.3 Å². The van der Waals surface area contributed by atoms with E-state index in [0.717, 1.165) is 25.7 Å². The molecular formula is C24H25ClN6O3. The Labute approximate surface area is 201 Å². The highest BCUT2D eigenvalue weighted by Gasteiger charge is 2.30. The average molecular weight is 481 g/mol. The number of pyridine rings is 1. The molecule has 34 heavy (non-hydrogen) atoms. The number of anilines is 1. The van der Waals surface area contributed by atoms with E-state index in [9.17, 15) is 14.4 Å². The number of hydrogen-bond acceptors (Lipinski definition) is 5. The number of nitrogens with one attached hydrogen (secondary N) is 1. The fraction of sp³-hybridized carbons (Fsp3) is 0.375. The van der Waals surface area contributed by atoms with Crippen molar-refractivity contribution in [3.63, 3.8) is 0 Å². The molecule has 3 amide bonds. The lowest BCUT2D eigenvalue weighted by molar-refractivity contribution is 0.0663. The smallest absolute Gasteiger partial charge is 0.321 e. The van der Waals surface area contributed by atoms with Gasteiger partial charge in [-0.3, -0.25) is 14.2 Å². The van der Waals surface area contributed by atoms with Gasteiger partial charge in [0.15, 0.2) is 11.3 Å². The number of carbonyl (C=O) groups excluding carboxylic acids is 2. The summed E-state index contributed by atoms with van der Waals surface area (Å²) in [6.07, 6.45) is 5.54. The Bertz CT molecular complexity index is 1280. The van der Waals surface area contributed by atoms with Gasteiger partial charge in [0.05, 0.1) is 0 Å². The first-order chi connectivity index (χ1) is 16.5. The number of fused-ring (bicyclic) bond motifs is 1. The highest BCUT2D eigenvalue weighted by atomic mass is 35.5. The fourth-order valence-corrected chi connectivity index (χ4v) is 4.80. The number of halogens is 1. The van der Waals surface area contributed by atoms with Gasteiger partial charge in [0.1, 0.15) is 5.52 Å². The Kier molecular flexibility index (Phi) is 6.19. The number of aromatic nitrogens is 3. The summed E-state index contributed by atoms with van der Waals surface area (Å²) in [5, 5.41) is 3.43. The second kappa shape index (κ2) is 9.42. The van der Waals surface area contributed by atoms with Crippen LogP contribution in [-0.2, 0) is 0 Å². The maximum Gasteiger partial charge on any atom is 0.321 e. The first-order valence-corrected chi connectivity index (χ1v) is 11.9. The molecule has 0 unspecified atom stereocenters. The van der Waals surface area contributed by atoms with Crippen LogP contribution >= 0.6 is 11.6 Å². The third kappa shape index (κ3) is 4.35. The summed E-state index contributed by atoms with van der Waals surface area (Å²) in [5.74, 6) is -0.403. The van der Waals surface area contributed by atoms with Crippen molar-refractivity contribution in [1.29, 1.82) is 0 Å². The van der Waals surface area contributed by atoms with Gasteiger partial charge in [0, 0.05) is 49.1 Å². The van der Waals surface area contributed by atoms with Crippen LogP contribution in [0.25, 0.3) is 11.2 Å². The van der Waals surface area contributed by atoms with Crippen LogP contribution in [-0.4, -0.2) is 62.5 Å². The Morgan fingerprint density at radius 1 is 0.971 bits per heavy atom. The summed E-state index contributed by atoms with van der Waals surface area (Å²) in [4.78, 5) is 51.3. The third-order valence-corrected chi connectivity index (χ3v) is 6.74. The van der Waals surface area contributed by atoms with Gasteiger partial charge >= 0.3 is 6.03 Å². The molecule has 3 heterocycles. The first-order valence-electron chi connectivity index (χ1n) is 11.5. The Morgan fingerprint density at radius 2 is 1.65 bits per heavy atom. The number of rotatable bonds is 3. The van der Waals surface area contributed by atoms with E-state index in [0.29, 0.717) is 48.1 Å². The molecule has 3 aromatic rings. The van der Waals surface area contributed by atoms with E-state index in [1.54, 1.807) is 57.0 Å². The molecule has 10 heteroatoms. The molecule has 2 aliphatic rings. The van der Waals surface area contributed by atoms with Crippen molar-refractivity contribution in [2.24, 2.45) is 0 Å². The first kappa shape index (κ1) is 22.3. The highest BCUT2D eigenvalue weighted by Crippen LogP contribution is 2.30. The van der Waals surface area contributed by atoms with E-state index in [1.165, 1.54) is 0 Å². The molecule has 0 bridgehead atoms. The number of carbonyl (C=O) groups is 2. The summed E-state index contributed by atoms with van der Waals surface area (Å²) in [6, 6.07) is 10.2. The number of hydrogen-bond donors (Lipinski definition) is 1. The Balaban J connectivity index is 1.32. The summed E-state index contributed by atoms with van der Waals surface area (Å²) in [5.41, 5.74) is 1.25. The predicted molar refractivity (Wildman–Crippen MR) is 129 cm³/mol. The fourth-order valence-electron chi connectivity index (χ4n) is 4.68. The quantitative estimate of drug-likeness (QED) is 0.617. The minimum absolute atomic E-state index is 0.0351. The van der Waals surface area contributed by atoms with E-state index in [2.05, 4.69) is 15.3 Å². The second-order valence-electron chi connectivity index (χ2n) is 8.64. The zero-order valence-corrected chi connectivity index (χ0v) is 19.4. The number of urea groups is 1. The van der Waals surface area contributed by atoms with Crippen LogP contribution in [0.2, 0.25) is 5.02 Å². The summed E-state index contributed by atoms with van der Waals surface area (Å²) >= 11 is 5.89. The molecule has 176 valence electrons. The van der Waals surface area contributed by atoms with Crippen LogP contribution in [0.4, 0.5) is 10.5 Å². The topological polar surface area (TPSA) is 100 Å². The number of amides is 3. The molecule has 0 radical (unpaired) electrons. The largest absolute Gasteiger partial charge is 0.334 e. The van der Waals surface area contributed by atoms with Crippen LogP contribution in [0.5, 0.6) is 0 Å². The zero-order valence-electron chi connectivity index (χ0n) is 18.6. The van der Waals surface area contributed by atoms with Gasteiger partial charge < -0.3 is 15.1 Å². The lowest BCUT2D eigenvalue weighted by Gasteiger charge is -2.34. The molecule has 9 nitrogen and oxygen atoms in total. The molecule has 0 spiro atoms. The molecule has 1 aliphatic carbocycles. The van der Waals surface area contributed by atoms with Gasteiger partial charge in [-0.05, 0) is 49.2 Å². The monoisotopic (exact) mass is 480 g/mol. The van der Waals surface area contributed by atoms with Gasteiger partial charge in [0.2, 0.25) is 0 Å². The molecule has 2 fully saturated rings. The van der Waals surface area contributed by atoms with E-state index >= 15 is 0 Å². The van der Waals surface area contributed by atoms with Crippen molar-refractivity contribution < 1.29 is 9.59 Å². The van der Waals surface area contributed by atoms with Crippen molar-refractivity contribution in [2.45, 2.75) is 31.7 Å². The maximum absolute atomic E-state index is 13.4. The standard InChI is InChI=1S/C24H25ClN6O3/c25-16-7-9-17(10-8-16)27-24(34)30-14-12-29(13-15-30)22(32)20-23(33)31(18-4-1-2-5-18)21-19(28-20)6-3-11-26-21/h3,6-11,18H,1-2,4-5,12-15H2,(H,27,34). The van der Waals surface area contributed by atoms with Gasteiger partial charge in [-0.2, -0.15) is 0 Å². The molecule has 1 N–H and O–H groups in total.